The zero-order chi connectivity index (χ0) is 31.1. The number of aliphatic hydroxyl groups excluding tert-OH is 1. The van der Waals surface area contributed by atoms with Crippen LogP contribution in [0.1, 0.15) is 41.1 Å². The summed E-state index contributed by atoms with van der Waals surface area (Å²) in [6, 6.07) is 16.9. The van der Waals surface area contributed by atoms with Gasteiger partial charge in [-0.3, -0.25) is 14.3 Å². The van der Waals surface area contributed by atoms with E-state index >= 15 is 0 Å². The summed E-state index contributed by atoms with van der Waals surface area (Å²) < 4.78 is 19.9. The van der Waals surface area contributed by atoms with Gasteiger partial charge >= 0.3 is 11.7 Å². The second kappa shape index (κ2) is 14.1. The molecule has 0 spiro atoms. The van der Waals surface area contributed by atoms with Gasteiger partial charge in [0.2, 0.25) is 0 Å². The number of aryl methyl sites for hydroxylation is 1. The van der Waals surface area contributed by atoms with Gasteiger partial charge in [-0.2, -0.15) is 0 Å². The predicted molar refractivity (Wildman–Crippen MR) is 160 cm³/mol. The number of carbonyl (C=O) groups excluding carboxylic acids is 1. The Balaban J connectivity index is 1.24. The van der Waals surface area contributed by atoms with Crippen molar-refractivity contribution in [3.8, 4) is 5.75 Å². The average molecular weight is 603 g/mol. The number of nitrogens with one attached hydrogen (secondary N) is 2. The van der Waals surface area contributed by atoms with Crippen LogP contribution in [0, 0.1) is 6.92 Å². The summed E-state index contributed by atoms with van der Waals surface area (Å²) in [5.41, 5.74) is 2.07. The molecule has 1 saturated heterocycles. The van der Waals surface area contributed by atoms with Crippen molar-refractivity contribution in [3.63, 3.8) is 0 Å². The van der Waals surface area contributed by atoms with Gasteiger partial charge in [0.15, 0.2) is 0 Å². The van der Waals surface area contributed by atoms with Crippen LogP contribution in [0.25, 0.3) is 6.08 Å². The van der Waals surface area contributed by atoms with Crippen LogP contribution in [0.3, 0.4) is 0 Å². The van der Waals surface area contributed by atoms with E-state index in [4.69, 9.17) is 14.2 Å². The number of hydrogen-bond acceptors (Lipinski definition) is 10. The first kappa shape index (κ1) is 30.6. The summed E-state index contributed by atoms with van der Waals surface area (Å²) in [6.07, 6.45) is 3.89. The number of H-pyrrole nitrogens is 1. The molecule has 13 heteroatoms. The molecule has 3 heterocycles. The minimum atomic E-state index is -0.696. The van der Waals surface area contributed by atoms with Gasteiger partial charge in [0.1, 0.15) is 24.7 Å². The standard InChI is InChI=1S/C31H34N6O7/c1-20-16-36(31(41)33-29(20)39)28-13-25(27(18-38)44-28)37-17-24(34-35-37)15-32-14-23(30(40)42-2)12-22-10-6-7-11-26(22)43-19-21-8-4-3-5-9-21/h3-12,16-17,25,27-28,32,38H,13-15,18-19H2,1-2H3,(H,33,39,41)/b23-12+/t25-,27+,28+/m0/s1. The molecule has 5 rings (SSSR count). The second-order valence-electron chi connectivity index (χ2n) is 10.4. The number of methoxy groups -OCH3 is 1. The van der Waals surface area contributed by atoms with Gasteiger partial charge in [0.05, 0.1) is 37.2 Å². The van der Waals surface area contributed by atoms with Crippen LogP contribution in [-0.4, -0.2) is 62.0 Å². The van der Waals surface area contributed by atoms with Crippen LogP contribution < -0.4 is 21.3 Å². The first-order valence-electron chi connectivity index (χ1n) is 14.1. The number of aromatic nitrogens is 5. The van der Waals surface area contributed by atoms with Crippen LogP contribution in [0.5, 0.6) is 5.75 Å². The topological polar surface area (TPSA) is 163 Å². The number of hydrogen-bond donors (Lipinski definition) is 3. The maximum atomic E-state index is 12.6. The van der Waals surface area contributed by atoms with E-state index in [1.54, 1.807) is 23.9 Å². The quantitative estimate of drug-likeness (QED) is 0.161. The molecule has 0 aliphatic carbocycles. The van der Waals surface area contributed by atoms with Crippen molar-refractivity contribution in [3.05, 3.63) is 116 Å². The van der Waals surface area contributed by atoms with E-state index in [2.05, 4.69) is 20.6 Å². The molecule has 0 unspecified atom stereocenters. The van der Waals surface area contributed by atoms with Crippen molar-refractivity contribution in [2.75, 3.05) is 20.3 Å². The van der Waals surface area contributed by atoms with Crippen molar-refractivity contribution < 1.29 is 24.1 Å². The van der Waals surface area contributed by atoms with E-state index in [1.165, 1.54) is 17.9 Å². The van der Waals surface area contributed by atoms with Gasteiger partial charge in [-0.25, -0.2) is 14.3 Å². The fourth-order valence-corrected chi connectivity index (χ4v) is 4.98. The Kier molecular flexibility index (Phi) is 9.79. The summed E-state index contributed by atoms with van der Waals surface area (Å²) in [4.78, 5) is 39.0. The molecule has 1 aliphatic rings. The van der Waals surface area contributed by atoms with E-state index in [0.29, 0.717) is 42.2 Å². The van der Waals surface area contributed by atoms with Gasteiger partial charge in [0, 0.05) is 36.8 Å². The molecule has 1 aliphatic heterocycles. The summed E-state index contributed by atoms with van der Waals surface area (Å²) >= 11 is 0. The molecule has 0 saturated carbocycles. The van der Waals surface area contributed by atoms with E-state index < -0.39 is 35.6 Å². The molecule has 13 nitrogen and oxygen atoms in total. The van der Waals surface area contributed by atoms with Gasteiger partial charge in [-0.15, -0.1) is 5.10 Å². The highest BCUT2D eigenvalue weighted by atomic mass is 16.5. The molecule has 0 amide bonds. The number of nitrogens with zero attached hydrogens (tertiary/aromatic N) is 4. The minimum Gasteiger partial charge on any atom is -0.488 e. The number of esters is 1. The second-order valence-corrected chi connectivity index (χ2v) is 10.4. The van der Waals surface area contributed by atoms with Crippen LogP contribution in [0.15, 0.2) is 82.2 Å². The average Bonchev–Trinajstić information content (AvgIpc) is 3.69. The number of carbonyl (C=O) groups is 1. The molecule has 2 aromatic carbocycles. The Bertz CT molecular complexity index is 1730. The number of benzene rings is 2. The fraction of sp³-hybridized carbons (Fsp3) is 0.323. The van der Waals surface area contributed by atoms with E-state index in [-0.39, 0.29) is 13.2 Å². The highest BCUT2D eigenvalue weighted by Crippen LogP contribution is 2.35. The monoisotopic (exact) mass is 602 g/mol. The Hall–Kier alpha value is -4.85. The zero-order valence-corrected chi connectivity index (χ0v) is 24.4. The number of aliphatic hydroxyl groups is 1. The molecule has 0 radical (unpaired) electrons. The molecule has 3 N–H and O–H groups in total. The maximum Gasteiger partial charge on any atom is 0.335 e. The predicted octanol–water partition coefficient (Wildman–Crippen LogP) is 1.88. The first-order chi connectivity index (χ1) is 21.4. The summed E-state index contributed by atoms with van der Waals surface area (Å²) in [6.45, 7) is 2.17. The third kappa shape index (κ3) is 7.19. The largest absolute Gasteiger partial charge is 0.488 e. The van der Waals surface area contributed by atoms with Crippen LogP contribution >= 0.6 is 0 Å². The van der Waals surface area contributed by atoms with E-state index in [9.17, 15) is 19.5 Å². The minimum absolute atomic E-state index is 0.189. The van der Waals surface area contributed by atoms with Crippen molar-refractivity contribution >= 4 is 12.0 Å². The molecule has 3 atom stereocenters. The smallest absolute Gasteiger partial charge is 0.335 e. The number of ether oxygens (including phenoxy) is 3. The van der Waals surface area contributed by atoms with Crippen molar-refractivity contribution in [2.45, 2.75) is 44.9 Å². The van der Waals surface area contributed by atoms with Crippen LogP contribution in [0.4, 0.5) is 0 Å². The molecule has 0 bridgehead atoms. The zero-order valence-electron chi connectivity index (χ0n) is 24.4. The van der Waals surface area contributed by atoms with Gasteiger partial charge < -0.3 is 24.6 Å². The summed E-state index contributed by atoms with van der Waals surface area (Å²) in [5, 5.41) is 21.6. The lowest BCUT2D eigenvalue weighted by molar-refractivity contribution is -0.136. The third-order valence-corrected chi connectivity index (χ3v) is 7.29. The maximum absolute atomic E-state index is 12.6. The lowest BCUT2D eigenvalue weighted by Gasteiger charge is -2.15. The van der Waals surface area contributed by atoms with Crippen LogP contribution in [-0.2, 0) is 27.4 Å². The lowest BCUT2D eigenvalue weighted by Crippen LogP contribution is -2.33. The Labute approximate surface area is 252 Å². The van der Waals surface area contributed by atoms with Gasteiger partial charge in [0.25, 0.3) is 5.56 Å². The van der Waals surface area contributed by atoms with Gasteiger partial charge in [-0.05, 0) is 24.6 Å². The first-order valence-corrected chi connectivity index (χ1v) is 14.1. The Morgan fingerprint density at radius 1 is 1.16 bits per heavy atom. The highest BCUT2D eigenvalue weighted by Gasteiger charge is 2.38. The Morgan fingerprint density at radius 3 is 2.70 bits per heavy atom. The van der Waals surface area contributed by atoms with E-state index in [1.807, 2.05) is 54.6 Å². The SMILES string of the molecule is COC(=O)/C(=C/c1ccccc1OCc1ccccc1)CNCc1cn([C@H]2C[C@H](n3cc(C)c(=O)[nH]c3=O)O[C@@H]2CO)nn1. The van der Waals surface area contributed by atoms with Gasteiger partial charge in [-0.1, -0.05) is 53.7 Å². The lowest BCUT2D eigenvalue weighted by atomic mass is 10.1. The van der Waals surface area contributed by atoms with Crippen molar-refractivity contribution in [2.24, 2.45) is 0 Å². The van der Waals surface area contributed by atoms with Crippen molar-refractivity contribution in [1.29, 1.82) is 0 Å². The third-order valence-electron chi connectivity index (χ3n) is 7.29. The molecular weight excluding hydrogens is 568 g/mol. The highest BCUT2D eigenvalue weighted by molar-refractivity contribution is 5.94. The molecule has 1 fully saturated rings. The molecule has 230 valence electrons. The molecule has 44 heavy (non-hydrogen) atoms. The molecular formula is C31H34N6O7. The van der Waals surface area contributed by atoms with Crippen LogP contribution in [0.2, 0.25) is 0 Å². The normalized spacial score (nSPS) is 18.3. The number of aromatic amines is 1. The Morgan fingerprint density at radius 2 is 1.93 bits per heavy atom. The summed E-state index contributed by atoms with van der Waals surface area (Å²) in [5.74, 6) is 0.155. The fourth-order valence-electron chi connectivity index (χ4n) is 4.98. The number of para-hydroxylation sites is 1. The molecule has 4 aromatic rings. The molecule has 2 aromatic heterocycles. The summed E-state index contributed by atoms with van der Waals surface area (Å²) in [7, 11) is 1.33. The number of rotatable bonds is 12. The van der Waals surface area contributed by atoms with Crippen molar-refractivity contribution in [1.82, 2.24) is 29.9 Å². The van der Waals surface area contributed by atoms with E-state index in [0.717, 1.165) is 11.1 Å².